The summed E-state index contributed by atoms with van der Waals surface area (Å²) in [6, 6.07) is 10.1. The van der Waals surface area contributed by atoms with Gasteiger partial charge in [-0.25, -0.2) is 9.97 Å². The molecular formula is C17H14Cl2N4O2. The molecule has 0 aliphatic carbocycles. The number of halogens is 2. The van der Waals surface area contributed by atoms with Crippen LogP contribution in [0.2, 0.25) is 10.0 Å². The van der Waals surface area contributed by atoms with E-state index in [-0.39, 0.29) is 11.6 Å². The molecule has 0 saturated carbocycles. The van der Waals surface area contributed by atoms with Crippen molar-refractivity contribution in [1.82, 2.24) is 9.97 Å². The third-order valence-electron chi connectivity index (χ3n) is 3.27. The number of hydrogen-bond donors (Lipinski definition) is 2. The Kier molecular flexibility index (Phi) is 5.21. The van der Waals surface area contributed by atoms with Crippen molar-refractivity contribution < 1.29 is 9.21 Å². The number of rotatable bonds is 5. The highest BCUT2D eigenvalue weighted by atomic mass is 35.5. The molecule has 2 N–H and O–H groups in total. The number of aryl methyl sites for hydroxylation is 1. The van der Waals surface area contributed by atoms with Crippen LogP contribution in [0.3, 0.4) is 0 Å². The van der Waals surface area contributed by atoms with Gasteiger partial charge in [0.25, 0.3) is 5.91 Å². The van der Waals surface area contributed by atoms with Crippen molar-refractivity contribution in [2.45, 2.75) is 13.5 Å². The second-order valence-electron chi connectivity index (χ2n) is 5.23. The van der Waals surface area contributed by atoms with E-state index in [0.717, 1.165) is 5.76 Å². The maximum Gasteiger partial charge on any atom is 0.274 e. The summed E-state index contributed by atoms with van der Waals surface area (Å²) >= 11 is 11.8. The fraction of sp³-hybridized carbons (Fsp3) is 0.118. The van der Waals surface area contributed by atoms with Gasteiger partial charge in [-0.1, -0.05) is 23.2 Å². The lowest BCUT2D eigenvalue weighted by Gasteiger charge is -2.09. The van der Waals surface area contributed by atoms with Gasteiger partial charge < -0.3 is 15.1 Å². The van der Waals surface area contributed by atoms with Crippen LogP contribution >= 0.6 is 23.2 Å². The summed E-state index contributed by atoms with van der Waals surface area (Å²) in [7, 11) is 0. The van der Waals surface area contributed by atoms with Gasteiger partial charge in [-0.05, 0) is 43.3 Å². The summed E-state index contributed by atoms with van der Waals surface area (Å²) in [5, 5.41) is 6.54. The molecule has 1 aromatic carbocycles. The average molecular weight is 377 g/mol. The van der Waals surface area contributed by atoms with Gasteiger partial charge in [0.1, 0.15) is 11.5 Å². The Bertz CT molecular complexity index is 898. The Morgan fingerprint density at radius 2 is 2.00 bits per heavy atom. The van der Waals surface area contributed by atoms with Gasteiger partial charge in [0.15, 0.2) is 0 Å². The maximum atomic E-state index is 12.4. The highest BCUT2D eigenvalue weighted by Crippen LogP contribution is 2.25. The monoisotopic (exact) mass is 376 g/mol. The summed E-state index contributed by atoms with van der Waals surface area (Å²) in [6.07, 6.45) is 1.59. The minimum Gasteiger partial charge on any atom is -0.467 e. The lowest BCUT2D eigenvalue weighted by molar-refractivity contribution is 0.102. The van der Waals surface area contributed by atoms with Crippen molar-refractivity contribution in [3.05, 3.63) is 69.9 Å². The van der Waals surface area contributed by atoms with Crippen LogP contribution in [0.4, 0.5) is 11.6 Å². The zero-order chi connectivity index (χ0) is 17.8. The summed E-state index contributed by atoms with van der Waals surface area (Å²) < 4.78 is 5.24. The number of carbonyl (C=O) groups is 1. The van der Waals surface area contributed by atoms with Crippen molar-refractivity contribution in [3.63, 3.8) is 0 Å². The van der Waals surface area contributed by atoms with E-state index in [1.807, 2.05) is 6.07 Å². The number of carbonyl (C=O) groups excluding carboxylic acids is 1. The molecule has 0 aliphatic heterocycles. The fourth-order valence-electron chi connectivity index (χ4n) is 2.11. The number of aromatic nitrogens is 2. The molecule has 0 radical (unpaired) electrons. The molecule has 0 unspecified atom stereocenters. The van der Waals surface area contributed by atoms with E-state index < -0.39 is 0 Å². The fourth-order valence-corrected chi connectivity index (χ4v) is 2.41. The molecule has 3 rings (SSSR count). The number of furan rings is 1. The standard InChI is InChI=1S/C17H14Cl2N4O2/c1-10-7-15(16(24)22-11-4-5-13(18)14(19)8-11)23-17(21-10)20-9-12-3-2-6-25-12/h2-8H,9H2,1H3,(H,22,24)(H,20,21,23). The zero-order valence-corrected chi connectivity index (χ0v) is 14.7. The smallest absolute Gasteiger partial charge is 0.274 e. The lowest BCUT2D eigenvalue weighted by Crippen LogP contribution is -2.16. The largest absolute Gasteiger partial charge is 0.467 e. The highest BCUT2D eigenvalue weighted by Gasteiger charge is 2.12. The Morgan fingerprint density at radius 3 is 2.72 bits per heavy atom. The Balaban J connectivity index is 1.74. The highest BCUT2D eigenvalue weighted by molar-refractivity contribution is 6.42. The first-order chi connectivity index (χ1) is 12.0. The SMILES string of the molecule is Cc1cc(C(=O)Nc2ccc(Cl)c(Cl)c2)nc(NCc2ccco2)n1. The van der Waals surface area contributed by atoms with Crippen molar-refractivity contribution in [1.29, 1.82) is 0 Å². The van der Waals surface area contributed by atoms with E-state index in [2.05, 4.69) is 20.6 Å². The molecule has 0 saturated heterocycles. The van der Waals surface area contributed by atoms with Gasteiger partial charge in [0, 0.05) is 11.4 Å². The van der Waals surface area contributed by atoms with E-state index in [1.165, 1.54) is 0 Å². The molecule has 0 fully saturated rings. The van der Waals surface area contributed by atoms with Crippen LogP contribution in [0.5, 0.6) is 0 Å². The van der Waals surface area contributed by atoms with Crippen molar-refractivity contribution in [2.24, 2.45) is 0 Å². The van der Waals surface area contributed by atoms with Crippen LogP contribution in [0.1, 0.15) is 21.9 Å². The summed E-state index contributed by atoms with van der Waals surface area (Å²) in [6.45, 7) is 2.21. The van der Waals surface area contributed by atoms with Gasteiger partial charge in [-0.3, -0.25) is 4.79 Å². The maximum absolute atomic E-state index is 12.4. The van der Waals surface area contributed by atoms with Gasteiger partial charge in [-0.15, -0.1) is 0 Å². The molecular weight excluding hydrogens is 363 g/mol. The molecule has 0 bridgehead atoms. The van der Waals surface area contributed by atoms with Crippen LogP contribution in [-0.2, 0) is 6.54 Å². The molecule has 1 amide bonds. The number of amides is 1. The van der Waals surface area contributed by atoms with Gasteiger partial charge >= 0.3 is 0 Å². The minimum absolute atomic E-state index is 0.237. The normalized spacial score (nSPS) is 10.5. The van der Waals surface area contributed by atoms with Gasteiger partial charge in [-0.2, -0.15) is 0 Å². The predicted octanol–water partition coefficient (Wildman–Crippen LogP) is 4.55. The van der Waals surface area contributed by atoms with Crippen LogP contribution in [0, 0.1) is 6.92 Å². The average Bonchev–Trinajstić information content (AvgIpc) is 3.09. The molecule has 2 heterocycles. The second kappa shape index (κ2) is 7.55. The molecule has 25 heavy (non-hydrogen) atoms. The third-order valence-corrected chi connectivity index (χ3v) is 4.00. The minimum atomic E-state index is -0.370. The molecule has 2 aromatic heterocycles. The van der Waals surface area contributed by atoms with Crippen LogP contribution in [-0.4, -0.2) is 15.9 Å². The van der Waals surface area contributed by atoms with Crippen molar-refractivity contribution in [2.75, 3.05) is 10.6 Å². The van der Waals surface area contributed by atoms with Crippen molar-refractivity contribution in [3.8, 4) is 0 Å². The number of hydrogen-bond acceptors (Lipinski definition) is 5. The number of nitrogens with zero attached hydrogens (tertiary/aromatic N) is 2. The first kappa shape index (κ1) is 17.3. The van der Waals surface area contributed by atoms with E-state index >= 15 is 0 Å². The summed E-state index contributed by atoms with van der Waals surface area (Å²) in [5.41, 5.74) is 1.43. The van der Waals surface area contributed by atoms with E-state index in [0.29, 0.717) is 33.9 Å². The van der Waals surface area contributed by atoms with E-state index in [4.69, 9.17) is 27.6 Å². The lowest BCUT2D eigenvalue weighted by atomic mass is 10.3. The first-order valence-corrected chi connectivity index (χ1v) is 8.15. The molecule has 128 valence electrons. The van der Waals surface area contributed by atoms with E-state index in [9.17, 15) is 4.79 Å². The third kappa shape index (κ3) is 4.49. The van der Waals surface area contributed by atoms with Crippen LogP contribution < -0.4 is 10.6 Å². The Hall–Kier alpha value is -2.57. The first-order valence-electron chi connectivity index (χ1n) is 7.39. The zero-order valence-electron chi connectivity index (χ0n) is 13.2. The topological polar surface area (TPSA) is 80.0 Å². The summed E-state index contributed by atoms with van der Waals surface area (Å²) in [4.78, 5) is 20.9. The molecule has 0 atom stereocenters. The molecule has 3 aromatic rings. The van der Waals surface area contributed by atoms with Crippen molar-refractivity contribution >= 4 is 40.7 Å². The molecule has 0 spiro atoms. The molecule has 8 heteroatoms. The Labute approximate surface area is 154 Å². The second-order valence-corrected chi connectivity index (χ2v) is 6.05. The Morgan fingerprint density at radius 1 is 1.16 bits per heavy atom. The van der Waals surface area contributed by atoms with Gasteiger partial charge in [0.2, 0.25) is 5.95 Å². The molecule has 6 nitrogen and oxygen atoms in total. The predicted molar refractivity (Wildman–Crippen MR) is 97.2 cm³/mol. The van der Waals surface area contributed by atoms with Crippen LogP contribution in [0.25, 0.3) is 0 Å². The van der Waals surface area contributed by atoms with E-state index in [1.54, 1.807) is 43.5 Å². The van der Waals surface area contributed by atoms with Crippen LogP contribution in [0.15, 0.2) is 47.1 Å². The number of anilines is 2. The quantitative estimate of drug-likeness (QED) is 0.682. The van der Waals surface area contributed by atoms with Gasteiger partial charge in [0.05, 0.1) is 22.9 Å². The molecule has 0 aliphatic rings. The number of benzene rings is 1. The summed E-state index contributed by atoms with van der Waals surface area (Å²) in [5.74, 6) is 0.715. The number of nitrogens with one attached hydrogen (secondary N) is 2.